The van der Waals surface area contributed by atoms with Crippen LogP contribution in [0.15, 0.2) is 0 Å². The van der Waals surface area contributed by atoms with Crippen molar-refractivity contribution in [3.63, 3.8) is 0 Å². The first-order chi connectivity index (χ1) is 5.63. The molecule has 1 atom stereocenters. The summed E-state index contributed by atoms with van der Waals surface area (Å²) in [5.41, 5.74) is 0. The molecule has 0 radical (unpaired) electrons. The third kappa shape index (κ3) is 1.81. The summed E-state index contributed by atoms with van der Waals surface area (Å²) in [7, 11) is 0. The van der Waals surface area contributed by atoms with E-state index in [9.17, 15) is 14.4 Å². The van der Waals surface area contributed by atoms with Gasteiger partial charge in [-0.3, -0.25) is 20.2 Å². The van der Waals surface area contributed by atoms with Crippen molar-refractivity contribution in [1.82, 2.24) is 10.6 Å². The van der Waals surface area contributed by atoms with E-state index < -0.39 is 11.9 Å². The molecule has 1 aliphatic heterocycles. The predicted octanol–water partition coefficient (Wildman–Crippen LogP) is -0.231. The minimum atomic E-state index is -0.721. The standard InChI is InChI=1S/C7H10N2O3/c1-2-4-3-5(10)8-7(12)9-6(4)11/h4H,2-3H2,1H3,(H2,8,9,10,11,12)/t4-/m1/s1. The quantitative estimate of drug-likeness (QED) is 0.570. The van der Waals surface area contributed by atoms with Gasteiger partial charge in [-0.25, -0.2) is 4.79 Å². The third-order valence-corrected chi connectivity index (χ3v) is 1.79. The Bertz CT molecular complexity index is 237. The highest BCUT2D eigenvalue weighted by atomic mass is 16.2. The average molecular weight is 170 g/mol. The molecule has 4 amide bonds. The summed E-state index contributed by atoms with van der Waals surface area (Å²) in [6.45, 7) is 1.80. The second-order valence-corrected chi connectivity index (χ2v) is 2.68. The van der Waals surface area contributed by atoms with Crippen LogP contribution < -0.4 is 10.6 Å². The largest absolute Gasteiger partial charge is 0.328 e. The lowest BCUT2D eigenvalue weighted by molar-refractivity contribution is -0.127. The van der Waals surface area contributed by atoms with E-state index >= 15 is 0 Å². The van der Waals surface area contributed by atoms with Crippen molar-refractivity contribution in [3.05, 3.63) is 0 Å². The van der Waals surface area contributed by atoms with Crippen molar-refractivity contribution in [3.8, 4) is 0 Å². The summed E-state index contributed by atoms with van der Waals surface area (Å²) in [5, 5.41) is 4.09. The van der Waals surface area contributed by atoms with Crippen LogP contribution in [-0.2, 0) is 9.59 Å². The molecule has 1 heterocycles. The lowest BCUT2D eigenvalue weighted by Crippen LogP contribution is -2.39. The van der Waals surface area contributed by atoms with Gasteiger partial charge in [0.15, 0.2) is 0 Å². The van der Waals surface area contributed by atoms with E-state index in [4.69, 9.17) is 0 Å². The number of hydrogen-bond donors (Lipinski definition) is 2. The van der Waals surface area contributed by atoms with E-state index in [0.29, 0.717) is 6.42 Å². The normalized spacial score (nSPS) is 24.4. The Kier molecular flexibility index (Phi) is 2.42. The number of carbonyl (C=O) groups excluding carboxylic acids is 3. The smallest absolute Gasteiger partial charge is 0.278 e. The highest BCUT2D eigenvalue weighted by molar-refractivity contribution is 6.06. The van der Waals surface area contributed by atoms with Crippen molar-refractivity contribution in [2.45, 2.75) is 19.8 Å². The van der Waals surface area contributed by atoms with Gasteiger partial charge in [0.2, 0.25) is 11.8 Å². The summed E-state index contributed by atoms with van der Waals surface area (Å²) >= 11 is 0. The van der Waals surface area contributed by atoms with Crippen molar-refractivity contribution < 1.29 is 14.4 Å². The molecule has 66 valence electrons. The van der Waals surface area contributed by atoms with Crippen molar-refractivity contribution in [2.75, 3.05) is 0 Å². The van der Waals surface area contributed by atoms with Gasteiger partial charge in [0.05, 0.1) is 0 Å². The monoisotopic (exact) mass is 170 g/mol. The Balaban J connectivity index is 2.74. The molecule has 0 aromatic carbocycles. The van der Waals surface area contributed by atoms with E-state index in [1.54, 1.807) is 6.92 Å². The number of amides is 4. The fourth-order valence-electron chi connectivity index (χ4n) is 1.07. The van der Waals surface area contributed by atoms with Gasteiger partial charge in [0, 0.05) is 12.3 Å². The lowest BCUT2D eigenvalue weighted by Gasteiger charge is -2.05. The Labute approximate surface area is 69.5 Å². The van der Waals surface area contributed by atoms with E-state index in [0.717, 1.165) is 0 Å². The molecule has 0 saturated carbocycles. The van der Waals surface area contributed by atoms with Crippen LogP contribution >= 0.6 is 0 Å². The highest BCUT2D eigenvalue weighted by Gasteiger charge is 2.26. The van der Waals surface area contributed by atoms with Crippen molar-refractivity contribution in [1.29, 1.82) is 0 Å². The Morgan fingerprint density at radius 3 is 2.58 bits per heavy atom. The molecule has 1 rings (SSSR count). The van der Waals surface area contributed by atoms with Crippen molar-refractivity contribution in [2.24, 2.45) is 5.92 Å². The fraction of sp³-hybridized carbons (Fsp3) is 0.571. The molecule has 5 nitrogen and oxygen atoms in total. The molecule has 5 heteroatoms. The first-order valence-corrected chi connectivity index (χ1v) is 3.78. The lowest BCUT2D eigenvalue weighted by atomic mass is 10.0. The molecule has 12 heavy (non-hydrogen) atoms. The Morgan fingerprint density at radius 2 is 2.00 bits per heavy atom. The molecule has 0 aliphatic carbocycles. The van der Waals surface area contributed by atoms with Crippen LogP contribution in [0.3, 0.4) is 0 Å². The average Bonchev–Trinajstić information content (AvgIpc) is 2.09. The predicted molar refractivity (Wildman–Crippen MR) is 40.1 cm³/mol. The zero-order valence-corrected chi connectivity index (χ0v) is 6.72. The van der Waals surface area contributed by atoms with Gasteiger partial charge in [-0.05, 0) is 6.42 Å². The highest BCUT2D eigenvalue weighted by Crippen LogP contribution is 2.09. The van der Waals surface area contributed by atoms with E-state index in [2.05, 4.69) is 5.32 Å². The maximum atomic E-state index is 11.1. The zero-order valence-electron chi connectivity index (χ0n) is 6.72. The van der Waals surface area contributed by atoms with Crippen LogP contribution in [0.5, 0.6) is 0 Å². The van der Waals surface area contributed by atoms with Crippen LogP contribution in [0.4, 0.5) is 4.79 Å². The topological polar surface area (TPSA) is 75.3 Å². The molecule has 0 unspecified atom stereocenters. The second-order valence-electron chi connectivity index (χ2n) is 2.68. The molecule has 0 bridgehead atoms. The Morgan fingerprint density at radius 1 is 1.33 bits per heavy atom. The van der Waals surface area contributed by atoms with Crippen LogP contribution in [-0.4, -0.2) is 17.8 Å². The van der Waals surface area contributed by atoms with Gasteiger partial charge < -0.3 is 0 Å². The summed E-state index contributed by atoms with van der Waals surface area (Å²) < 4.78 is 0. The van der Waals surface area contributed by atoms with E-state index in [-0.39, 0.29) is 18.2 Å². The first kappa shape index (κ1) is 8.70. The Hall–Kier alpha value is -1.39. The number of carbonyl (C=O) groups is 3. The number of urea groups is 1. The molecule has 1 fully saturated rings. The number of rotatable bonds is 1. The number of hydrogen-bond acceptors (Lipinski definition) is 3. The summed E-state index contributed by atoms with van der Waals surface area (Å²) in [6.07, 6.45) is 0.653. The molecule has 1 saturated heterocycles. The van der Waals surface area contributed by atoms with Crippen LogP contribution in [0.1, 0.15) is 19.8 Å². The molecule has 2 N–H and O–H groups in total. The van der Waals surface area contributed by atoms with Gasteiger partial charge in [0.25, 0.3) is 0 Å². The number of nitrogens with one attached hydrogen (secondary N) is 2. The molecule has 0 aromatic heterocycles. The van der Waals surface area contributed by atoms with Crippen molar-refractivity contribution >= 4 is 17.8 Å². The molecular weight excluding hydrogens is 160 g/mol. The molecule has 0 spiro atoms. The van der Waals surface area contributed by atoms with Gasteiger partial charge >= 0.3 is 6.03 Å². The van der Waals surface area contributed by atoms with E-state index in [1.807, 2.05) is 5.32 Å². The first-order valence-electron chi connectivity index (χ1n) is 3.78. The van der Waals surface area contributed by atoms with Gasteiger partial charge in [-0.2, -0.15) is 0 Å². The number of imide groups is 2. The fourth-order valence-corrected chi connectivity index (χ4v) is 1.07. The maximum Gasteiger partial charge on any atom is 0.328 e. The van der Waals surface area contributed by atoms with E-state index in [1.165, 1.54) is 0 Å². The SMILES string of the molecule is CC[C@@H]1CC(=O)NC(=O)NC1=O. The zero-order chi connectivity index (χ0) is 9.14. The summed E-state index contributed by atoms with van der Waals surface area (Å²) in [5.74, 6) is -1.15. The molecule has 1 aliphatic rings. The third-order valence-electron chi connectivity index (χ3n) is 1.79. The van der Waals surface area contributed by atoms with Crippen LogP contribution in [0.25, 0.3) is 0 Å². The van der Waals surface area contributed by atoms with Gasteiger partial charge in [-0.1, -0.05) is 6.92 Å². The minimum absolute atomic E-state index is 0.0913. The van der Waals surface area contributed by atoms with Gasteiger partial charge in [0.1, 0.15) is 0 Å². The minimum Gasteiger partial charge on any atom is -0.278 e. The summed E-state index contributed by atoms with van der Waals surface area (Å²) in [4.78, 5) is 32.7. The second kappa shape index (κ2) is 3.34. The summed E-state index contributed by atoms with van der Waals surface area (Å²) in [6, 6.07) is -0.721. The van der Waals surface area contributed by atoms with Crippen LogP contribution in [0, 0.1) is 5.92 Å². The molecular formula is C7H10N2O3. The van der Waals surface area contributed by atoms with Gasteiger partial charge in [-0.15, -0.1) is 0 Å². The molecule has 0 aromatic rings. The van der Waals surface area contributed by atoms with Crippen LogP contribution in [0.2, 0.25) is 0 Å². The maximum absolute atomic E-state index is 11.1.